The molecule has 2 aromatic carbocycles. The van der Waals surface area contributed by atoms with Crippen LogP contribution in [0.2, 0.25) is 0 Å². The maximum absolute atomic E-state index is 13.8. The van der Waals surface area contributed by atoms with Crippen LogP contribution in [0, 0.1) is 11.8 Å². The average Bonchev–Trinajstić information content (AvgIpc) is 3.65. The van der Waals surface area contributed by atoms with Crippen molar-refractivity contribution in [2.24, 2.45) is 11.8 Å². The van der Waals surface area contributed by atoms with Gasteiger partial charge in [-0.15, -0.1) is 0 Å². The summed E-state index contributed by atoms with van der Waals surface area (Å²) < 4.78 is 0. The van der Waals surface area contributed by atoms with Crippen molar-refractivity contribution in [2.45, 2.75) is 70.0 Å². The van der Waals surface area contributed by atoms with E-state index in [-0.39, 0.29) is 24.8 Å². The minimum Gasteiger partial charge on any atom is -0.356 e. The number of carbonyl (C=O) groups excluding carboxylic acids is 5. The lowest BCUT2D eigenvalue weighted by Gasteiger charge is -2.28. The Labute approximate surface area is 250 Å². The molecule has 5 rings (SSSR count). The molecule has 5 N–H and O–H groups in total. The van der Waals surface area contributed by atoms with Crippen LogP contribution in [0.1, 0.15) is 67.4 Å². The fourth-order valence-corrected chi connectivity index (χ4v) is 6.10. The number of nitrogens with one attached hydrogen (secondary N) is 5. The van der Waals surface area contributed by atoms with Gasteiger partial charge in [0, 0.05) is 29.9 Å². The van der Waals surface area contributed by atoms with E-state index in [2.05, 4.69) is 26.3 Å². The van der Waals surface area contributed by atoms with Crippen molar-refractivity contribution in [3.63, 3.8) is 0 Å². The van der Waals surface area contributed by atoms with Gasteiger partial charge in [-0.2, -0.15) is 0 Å². The molecule has 2 aliphatic rings. The van der Waals surface area contributed by atoms with Gasteiger partial charge < -0.3 is 26.3 Å². The van der Waals surface area contributed by atoms with Crippen molar-refractivity contribution < 1.29 is 24.0 Å². The zero-order valence-electron chi connectivity index (χ0n) is 24.2. The average molecular weight is 586 g/mol. The Kier molecular flexibility index (Phi) is 9.86. The molecule has 10 nitrogen and oxygen atoms in total. The second-order valence-corrected chi connectivity index (χ2v) is 11.6. The lowest BCUT2D eigenvalue weighted by Crippen LogP contribution is -2.55. The standard InChI is InChI=1S/C33H39N5O5/c39-29(33(43)35-20-22-11-5-2-6-12-22)26(19-24-15-16-34-30(24)40)37-31(41)27(17-21-9-3-1-4-10-21)38-32(42)28-18-23-13-7-8-14-25(23)36-28/h2,5-8,11-14,18,21,24,26-27,36H,1,3-4,9-10,15-17,19-20H2,(H,34,40)(H,35,43)(H,37,41)(H,38,42)/t24-,26?,27-/m0/s1. The number of Topliss-reactive ketones (excluding diaryl/α,β-unsaturated/α-hetero) is 1. The Morgan fingerprint density at radius 1 is 0.837 bits per heavy atom. The molecular formula is C33H39N5O5. The Bertz CT molecular complexity index is 1430. The normalized spacial score (nSPS) is 18.4. The van der Waals surface area contributed by atoms with Gasteiger partial charge in [-0.05, 0) is 42.9 Å². The van der Waals surface area contributed by atoms with Gasteiger partial charge in [0.2, 0.25) is 17.6 Å². The van der Waals surface area contributed by atoms with E-state index in [1.165, 1.54) is 0 Å². The van der Waals surface area contributed by atoms with Gasteiger partial charge in [0.15, 0.2) is 0 Å². The number of benzene rings is 2. The van der Waals surface area contributed by atoms with E-state index in [9.17, 15) is 24.0 Å². The van der Waals surface area contributed by atoms with Gasteiger partial charge in [-0.3, -0.25) is 24.0 Å². The third-order valence-electron chi connectivity index (χ3n) is 8.53. The van der Waals surface area contributed by atoms with Crippen LogP contribution in [-0.2, 0) is 25.7 Å². The number of hydrogen-bond acceptors (Lipinski definition) is 5. The van der Waals surface area contributed by atoms with E-state index in [4.69, 9.17) is 0 Å². The zero-order chi connectivity index (χ0) is 30.2. The van der Waals surface area contributed by atoms with Gasteiger partial charge in [-0.25, -0.2) is 0 Å². The maximum atomic E-state index is 13.8. The number of hydrogen-bond donors (Lipinski definition) is 5. The molecule has 3 aromatic rings. The molecule has 43 heavy (non-hydrogen) atoms. The first kappa shape index (κ1) is 30.0. The molecule has 1 aliphatic carbocycles. The molecule has 1 saturated carbocycles. The highest BCUT2D eigenvalue weighted by atomic mass is 16.2. The first-order valence-corrected chi connectivity index (χ1v) is 15.2. The summed E-state index contributed by atoms with van der Waals surface area (Å²) in [5, 5.41) is 11.9. The largest absolute Gasteiger partial charge is 0.356 e. The highest BCUT2D eigenvalue weighted by Gasteiger charge is 2.36. The van der Waals surface area contributed by atoms with E-state index >= 15 is 0 Å². The van der Waals surface area contributed by atoms with Crippen LogP contribution in [-0.4, -0.2) is 53.0 Å². The molecule has 2 heterocycles. The minimum atomic E-state index is -1.21. The number of H-pyrrole nitrogens is 1. The predicted octanol–water partition coefficient (Wildman–Crippen LogP) is 3.13. The van der Waals surface area contributed by atoms with Crippen molar-refractivity contribution in [3.05, 3.63) is 71.9 Å². The molecule has 0 bridgehead atoms. The van der Waals surface area contributed by atoms with Gasteiger partial charge in [0.25, 0.3) is 11.8 Å². The van der Waals surface area contributed by atoms with Crippen LogP contribution in [0.25, 0.3) is 10.9 Å². The van der Waals surface area contributed by atoms with Crippen molar-refractivity contribution >= 4 is 40.3 Å². The Morgan fingerprint density at radius 3 is 2.30 bits per heavy atom. The lowest BCUT2D eigenvalue weighted by atomic mass is 9.84. The highest BCUT2D eigenvalue weighted by Crippen LogP contribution is 2.28. The molecule has 4 amide bonds. The topological polar surface area (TPSA) is 149 Å². The molecule has 0 radical (unpaired) electrons. The minimum absolute atomic E-state index is 0.00127. The summed E-state index contributed by atoms with van der Waals surface area (Å²) in [4.78, 5) is 69.0. The van der Waals surface area contributed by atoms with Crippen LogP contribution >= 0.6 is 0 Å². The third kappa shape index (κ3) is 7.88. The molecule has 1 aliphatic heterocycles. The molecule has 1 aromatic heterocycles. The first-order chi connectivity index (χ1) is 20.9. The molecule has 226 valence electrons. The molecule has 1 saturated heterocycles. The summed E-state index contributed by atoms with van der Waals surface area (Å²) in [7, 11) is 0. The molecule has 10 heteroatoms. The van der Waals surface area contributed by atoms with Gasteiger partial charge in [0.05, 0.1) is 6.04 Å². The number of aromatic nitrogens is 1. The fourth-order valence-electron chi connectivity index (χ4n) is 6.10. The molecule has 0 spiro atoms. The number of fused-ring (bicyclic) bond motifs is 1. The van der Waals surface area contributed by atoms with Crippen LogP contribution < -0.4 is 21.3 Å². The monoisotopic (exact) mass is 585 g/mol. The molecule has 3 atom stereocenters. The highest BCUT2D eigenvalue weighted by molar-refractivity contribution is 6.38. The number of ketones is 1. The Morgan fingerprint density at radius 2 is 1.58 bits per heavy atom. The maximum Gasteiger partial charge on any atom is 0.289 e. The summed E-state index contributed by atoms with van der Waals surface area (Å²) in [6.45, 7) is 0.629. The number of aromatic amines is 1. The summed E-state index contributed by atoms with van der Waals surface area (Å²) in [6, 6.07) is 16.3. The molecule has 2 fully saturated rings. The Balaban J connectivity index is 1.32. The van der Waals surface area contributed by atoms with E-state index in [1.807, 2.05) is 54.6 Å². The van der Waals surface area contributed by atoms with Gasteiger partial charge in [0.1, 0.15) is 11.7 Å². The second kappa shape index (κ2) is 14.1. The second-order valence-electron chi connectivity index (χ2n) is 11.6. The number of amides is 4. The van der Waals surface area contributed by atoms with E-state index < -0.39 is 41.5 Å². The third-order valence-corrected chi connectivity index (χ3v) is 8.53. The van der Waals surface area contributed by atoms with Gasteiger partial charge >= 0.3 is 0 Å². The number of rotatable bonds is 12. The van der Waals surface area contributed by atoms with Crippen molar-refractivity contribution in [1.82, 2.24) is 26.3 Å². The van der Waals surface area contributed by atoms with Crippen molar-refractivity contribution in [3.8, 4) is 0 Å². The summed E-state index contributed by atoms with van der Waals surface area (Å²) in [6.07, 6.45) is 6.11. The smallest absolute Gasteiger partial charge is 0.289 e. The van der Waals surface area contributed by atoms with E-state index in [1.54, 1.807) is 6.07 Å². The van der Waals surface area contributed by atoms with Crippen LogP contribution in [0.15, 0.2) is 60.7 Å². The SMILES string of the molecule is O=C(NCc1ccccc1)C(=O)C(C[C@@H]1CCNC1=O)NC(=O)[C@H](CC1CCCCC1)NC(=O)c1cc2ccccc2[nH]1. The molecule has 1 unspecified atom stereocenters. The van der Waals surface area contributed by atoms with Crippen LogP contribution in [0.4, 0.5) is 0 Å². The predicted molar refractivity (Wildman–Crippen MR) is 162 cm³/mol. The van der Waals surface area contributed by atoms with Crippen molar-refractivity contribution in [2.75, 3.05) is 6.54 Å². The molecular weight excluding hydrogens is 546 g/mol. The summed E-state index contributed by atoms with van der Waals surface area (Å²) in [5.41, 5.74) is 1.97. The summed E-state index contributed by atoms with van der Waals surface area (Å²) >= 11 is 0. The Hall–Kier alpha value is -4.47. The zero-order valence-corrected chi connectivity index (χ0v) is 24.2. The summed E-state index contributed by atoms with van der Waals surface area (Å²) in [5.74, 6) is -3.08. The van der Waals surface area contributed by atoms with Crippen LogP contribution in [0.3, 0.4) is 0 Å². The van der Waals surface area contributed by atoms with Gasteiger partial charge in [-0.1, -0.05) is 80.6 Å². The number of carbonyl (C=O) groups is 5. The number of para-hydroxylation sites is 1. The fraction of sp³-hybridized carbons (Fsp3) is 0.424. The van der Waals surface area contributed by atoms with Crippen LogP contribution in [0.5, 0.6) is 0 Å². The van der Waals surface area contributed by atoms with Crippen molar-refractivity contribution in [1.29, 1.82) is 0 Å². The quantitative estimate of drug-likeness (QED) is 0.207. The van der Waals surface area contributed by atoms with E-state index in [0.717, 1.165) is 48.6 Å². The first-order valence-electron chi connectivity index (χ1n) is 15.2. The van der Waals surface area contributed by atoms with E-state index in [0.29, 0.717) is 25.1 Å². The lowest BCUT2D eigenvalue weighted by molar-refractivity contribution is -0.141.